The van der Waals surface area contributed by atoms with Crippen LogP contribution in [0.15, 0.2) is 54.6 Å². The van der Waals surface area contributed by atoms with Crippen LogP contribution < -0.4 is 10.6 Å². The van der Waals surface area contributed by atoms with Crippen molar-refractivity contribution >= 4 is 6.08 Å². The van der Waals surface area contributed by atoms with Crippen LogP contribution >= 0.6 is 0 Å². The molecule has 2 heterocycles. The zero-order chi connectivity index (χ0) is 20.9. The van der Waals surface area contributed by atoms with Gasteiger partial charge in [-0.15, -0.1) is 0 Å². The number of aliphatic hydroxyl groups is 1. The molecule has 3 heteroatoms. The number of aliphatic hydroxyl groups excluding tert-OH is 1. The highest BCUT2D eigenvalue weighted by Crippen LogP contribution is 2.45. The maximum Gasteiger partial charge on any atom is 0.0319 e. The van der Waals surface area contributed by atoms with Crippen LogP contribution in [-0.4, -0.2) is 38.4 Å². The lowest BCUT2D eigenvalue weighted by molar-refractivity contribution is 0.306. The summed E-state index contributed by atoms with van der Waals surface area (Å²) in [5.74, 6) is 0. The molecule has 0 radical (unpaired) electrons. The first-order valence-corrected chi connectivity index (χ1v) is 11.5. The number of nitrogens with one attached hydrogen (secondary N) is 2. The Morgan fingerprint density at radius 1 is 0.700 bits per heavy atom. The second-order valence-corrected chi connectivity index (χ2v) is 9.01. The summed E-state index contributed by atoms with van der Waals surface area (Å²) in [6, 6.07) is 17.9. The van der Waals surface area contributed by atoms with Gasteiger partial charge in [-0.1, -0.05) is 60.7 Å². The SMILES string of the molecule is C1=CC2(CCNCC2)c2ccccc21.CO.c1ccc2c(c1)CCC21CCNCC1. The van der Waals surface area contributed by atoms with Gasteiger partial charge in [-0.25, -0.2) is 0 Å². The molecule has 0 saturated carbocycles. The van der Waals surface area contributed by atoms with Gasteiger partial charge < -0.3 is 15.7 Å². The van der Waals surface area contributed by atoms with Crippen molar-refractivity contribution in [2.45, 2.75) is 49.4 Å². The highest BCUT2D eigenvalue weighted by atomic mass is 16.2. The number of aryl methyl sites for hydroxylation is 1. The van der Waals surface area contributed by atoms with Crippen LogP contribution in [0, 0.1) is 0 Å². The smallest absolute Gasteiger partial charge is 0.0319 e. The summed E-state index contributed by atoms with van der Waals surface area (Å²) in [6.07, 6.45) is 12.6. The van der Waals surface area contributed by atoms with Gasteiger partial charge in [-0.2, -0.15) is 0 Å². The summed E-state index contributed by atoms with van der Waals surface area (Å²) < 4.78 is 0. The van der Waals surface area contributed by atoms with Gasteiger partial charge in [-0.05, 0) is 92.4 Å². The lowest BCUT2D eigenvalue weighted by Gasteiger charge is -2.34. The van der Waals surface area contributed by atoms with Gasteiger partial charge in [0, 0.05) is 12.5 Å². The third-order valence-electron chi connectivity index (χ3n) is 7.60. The first kappa shape index (κ1) is 21.3. The highest BCUT2D eigenvalue weighted by Gasteiger charge is 2.39. The molecule has 3 nitrogen and oxygen atoms in total. The molecule has 6 rings (SSSR count). The minimum Gasteiger partial charge on any atom is -0.400 e. The average Bonchev–Trinajstić information content (AvgIpc) is 3.36. The van der Waals surface area contributed by atoms with Crippen molar-refractivity contribution in [3.05, 3.63) is 76.9 Å². The molecule has 0 bridgehead atoms. The first-order valence-electron chi connectivity index (χ1n) is 11.5. The largest absolute Gasteiger partial charge is 0.400 e. The summed E-state index contributed by atoms with van der Waals surface area (Å²) in [5, 5.41) is 13.9. The van der Waals surface area contributed by atoms with Crippen molar-refractivity contribution in [3.63, 3.8) is 0 Å². The predicted octanol–water partition coefficient (Wildman–Crippen LogP) is 4.20. The summed E-state index contributed by atoms with van der Waals surface area (Å²) in [6.45, 7) is 4.71. The molecule has 2 fully saturated rings. The molecule has 0 atom stereocenters. The Kier molecular flexibility index (Phi) is 6.72. The third kappa shape index (κ3) is 3.99. The third-order valence-corrected chi connectivity index (χ3v) is 7.60. The number of hydrogen-bond donors (Lipinski definition) is 3. The number of piperidine rings is 2. The molecule has 0 amide bonds. The zero-order valence-corrected chi connectivity index (χ0v) is 18.3. The number of hydrogen-bond acceptors (Lipinski definition) is 3. The van der Waals surface area contributed by atoms with Crippen molar-refractivity contribution in [2.24, 2.45) is 0 Å². The molecule has 0 aromatic heterocycles. The number of rotatable bonds is 0. The highest BCUT2D eigenvalue weighted by molar-refractivity contribution is 5.65. The molecule has 2 aliphatic carbocycles. The normalized spacial score (nSPS) is 21.8. The molecular formula is C27H36N2O. The maximum atomic E-state index is 7.00. The van der Waals surface area contributed by atoms with Crippen LogP contribution in [0.2, 0.25) is 0 Å². The molecule has 2 aliphatic heterocycles. The van der Waals surface area contributed by atoms with Gasteiger partial charge >= 0.3 is 0 Å². The summed E-state index contributed by atoms with van der Waals surface area (Å²) in [4.78, 5) is 0. The Morgan fingerprint density at radius 2 is 1.30 bits per heavy atom. The molecular weight excluding hydrogens is 368 g/mol. The van der Waals surface area contributed by atoms with E-state index in [2.05, 4.69) is 71.3 Å². The van der Waals surface area contributed by atoms with Crippen LogP contribution in [-0.2, 0) is 17.3 Å². The van der Waals surface area contributed by atoms with E-state index in [4.69, 9.17) is 5.11 Å². The molecule has 2 saturated heterocycles. The first-order chi connectivity index (χ1) is 14.8. The van der Waals surface area contributed by atoms with E-state index in [1.54, 1.807) is 16.7 Å². The van der Waals surface area contributed by atoms with Crippen LogP contribution in [0.5, 0.6) is 0 Å². The number of fused-ring (bicyclic) bond motifs is 4. The van der Waals surface area contributed by atoms with E-state index in [0.717, 1.165) is 20.2 Å². The summed E-state index contributed by atoms with van der Waals surface area (Å²) in [7, 11) is 1.00. The van der Waals surface area contributed by atoms with Gasteiger partial charge in [0.1, 0.15) is 0 Å². The van der Waals surface area contributed by atoms with Crippen LogP contribution in [0.3, 0.4) is 0 Å². The van der Waals surface area contributed by atoms with E-state index >= 15 is 0 Å². The Morgan fingerprint density at radius 3 is 2.03 bits per heavy atom. The fourth-order valence-corrected chi connectivity index (χ4v) is 5.93. The van der Waals surface area contributed by atoms with Crippen molar-refractivity contribution in [3.8, 4) is 0 Å². The van der Waals surface area contributed by atoms with E-state index in [1.807, 2.05) is 0 Å². The van der Waals surface area contributed by atoms with E-state index in [9.17, 15) is 0 Å². The fraction of sp³-hybridized carbons (Fsp3) is 0.481. The predicted molar refractivity (Wildman–Crippen MR) is 126 cm³/mol. The molecule has 0 unspecified atom stereocenters. The van der Waals surface area contributed by atoms with Crippen molar-refractivity contribution in [1.29, 1.82) is 0 Å². The van der Waals surface area contributed by atoms with Crippen molar-refractivity contribution in [1.82, 2.24) is 10.6 Å². The molecule has 160 valence electrons. The molecule has 3 N–H and O–H groups in total. The minimum atomic E-state index is 0.363. The molecule has 4 aliphatic rings. The fourth-order valence-electron chi connectivity index (χ4n) is 5.93. The van der Waals surface area contributed by atoms with E-state index in [1.165, 1.54) is 57.2 Å². The standard InChI is InChI=1S/C13H17N.C13H15N.CH4O/c2*1-2-4-12-11(3-1)5-6-13(12)7-9-14-10-8-13;1-2/h1-4,14H,5-10H2;1-6,14H,7-10H2;2H,1H3. The van der Waals surface area contributed by atoms with Gasteiger partial charge in [-0.3, -0.25) is 0 Å². The molecule has 2 aromatic rings. The number of allylic oxidation sites excluding steroid dienone is 1. The monoisotopic (exact) mass is 404 g/mol. The zero-order valence-electron chi connectivity index (χ0n) is 18.3. The van der Waals surface area contributed by atoms with Gasteiger partial charge in [0.25, 0.3) is 0 Å². The Bertz CT molecular complexity index is 849. The second kappa shape index (κ2) is 9.47. The average molecular weight is 405 g/mol. The minimum absolute atomic E-state index is 0.363. The summed E-state index contributed by atoms with van der Waals surface area (Å²) >= 11 is 0. The van der Waals surface area contributed by atoms with Gasteiger partial charge in [0.15, 0.2) is 0 Å². The Hall–Kier alpha value is -1.94. The van der Waals surface area contributed by atoms with Crippen LogP contribution in [0.1, 0.15) is 54.4 Å². The Balaban J connectivity index is 0.000000134. The van der Waals surface area contributed by atoms with Gasteiger partial charge in [0.2, 0.25) is 0 Å². The van der Waals surface area contributed by atoms with Gasteiger partial charge in [0.05, 0.1) is 0 Å². The maximum absolute atomic E-state index is 7.00. The van der Waals surface area contributed by atoms with E-state index < -0.39 is 0 Å². The van der Waals surface area contributed by atoms with E-state index in [0.29, 0.717) is 10.8 Å². The quantitative estimate of drug-likeness (QED) is 0.617. The van der Waals surface area contributed by atoms with Crippen molar-refractivity contribution < 1.29 is 5.11 Å². The van der Waals surface area contributed by atoms with Crippen LogP contribution in [0.4, 0.5) is 0 Å². The molecule has 30 heavy (non-hydrogen) atoms. The lowest BCUT2D eigenvalue weighted by Crippen LogP contribution is -2.38. The summed E-state index contributed by atoms with van der Waals surface area (Å²) in [5.41, 5.74) is 7.13. The second-order valence-electron chi connectivity index (χ2n) is 9.01. The van der Waals surface area contributed by atoms with Crippen molar-refractivity contribution in [2.75, 3.05) is 33.3 Å². The lowest BCUT2D eigenvalue weighted by atomic mass is 9.74. The molecule has 2 aromatic carbocycles. The van der Waals surface area contributed by atoms with Crippen LogP contribution in [0.25, 0.3) is 6.08 Å². The van der Waals surface area contributed by atoms with E-state index in [-0.39, 0.29) is 0 Å². The topological polar surface area (TPSA) is 44.3 Å². The molecule has 2 spiro atoms. The number of benzene rings is 2. The Labute approximate surface area is 181 Å².